The molecule has 6 nitrogen and oxygen atoms in total. The molecule has 0 spiro atoms. The topological polar surface area (TPSA) is 66.2 Å². The first-order valence-electron chi connectivity index (χ1n) is 8.85. The number of nitrogens with zero attached hydrogens (tertiary/aromatic N) is 3. The summed E-state index contributed by atoms with van der Waals surface area (Å²) >= 11 is 1.42. The first-order valence-corrected chi connectivity index (χ1v) is 9.67. The van der Waals surface area contributed by atoms with Gasteiger partial charge in [-0.1, -0.05) is 12.1 Å². The summed E-state index contributed by atoms with van der Waals surface area (Å²) in [5.74, 6) is 0.843. The average Bonchev–Trinajstić information content (AvgIpc) is 3.13. The molecule has 2 aromatic carbocycles. The number of rotatable bonds is 5. The molecule has 0 fully saturated rings. The fourth-order valence-corrected chi connectivity index (χ4v) is 4.03. The van der Waals surface area contributed by atoms with Crippen LogP contribution in [0.3, 0.4) is 0 Å². The zero-order valence-electron chi connectivity index (χ0n) is 16.1. The maximum absolute atomic E-state index is 13.2. The van der Waals surface area contributed by atoms with Crippen LogP contribution in [0.25, 0.3) is 21.5 Å². The molecule has 0 amide bonds. The molecule has 148 valence electrons. The van der Waals surface area contributed by atoms with E-state index in [-0.39, 0.29) is 17.9 Å². The molecule has 0 bridgehead atoms. The fourth-order valence-electron chi connectivity index (χ4n) is 3.11. The van der Waals surface area contributed by atoms with Gasteiger partial charge < -0.3 is 9.47 Å². The smallest absolute Gasteiger partial charge is 0.294 e. The minimum absolute atomic E-state index is 0.214. The van der Waals surface area contributed by atoms with E-state index in [0.717, 1.165) is 20.8 Å². The van der Waals surface area contributed by atoms with Gasteiger partial charge in [-0.2, -0.15) is 5.10 Å². The number of aryl methyl sites for hydroxylation is 1. The number of methoxy groups -OCH3 is 2. The Hall–Kier alpha value is -3.26. The van der Waals surface area contributed by atoms with E-state index in [4.69, 9.17) is 9.47 Å². The summed E-state index contributed by atoms with van der Waals surface area (Å²) in [6, 6.07) is 11.5. The molecule has 0 aliphatic heterocycles. The second-order valence-corrected chi connectivity index (χ2v) is 7.62. The summed E-state index contributed by atoms with van der Waals surface area (Å²) in [5.41, 5.74) is 2.27. The SMILES string of the molecule is COc1ccc(-c2nn(Cc3ccc(F)cc3)c(=O)c3nc(C)sc23)cc1OC. The molecular weight excluding hydrogens is 393 g/mol. The van der Waals surface area contributed by atoms with Gasteiger partial charge in [0.15, 0.2) is 17.0 Å². The molecule has 8 heteroatoms. The molecule has 2 heterocycles. The fraction of sp³-hybridized carbons (Fsp3) is 0.190. The number of fused-ring (bicyclic) bond motifs is 1. The van der Waals surface area contributed by atoms with Crippen molar-refractivity contribution >= 4 is 21.6 Å². The number of benzene rings is 2. The highest BCUT2D eigenvalue weighted by atomic mass is 32.1. The van der Waals surface area contributed by atoms with Crippen LogP contribution in [0.5, 0.6) is 11.5 Å². The van der Waals surface area contributed by atoms with Crippen molar-refractivity contribution in [3.05, 3.63) is 69.2 Å². The van der Waals surface area contributed by atoms with Gasteiger partial charge in [0.1, 0.15) is 11.5 Å². The Morgan fingerprint density at radius 1 is 1.07 bits per heavy atom. The Labute approximate surface area is 170 Å². The highest BCUT2D eigenvalue weighted by Gasteiger charge is 2.18. The van der Waals surface area contributed by atoms with Gasteiger partial charge in [0.2, 0.25) is 0 Å². The quantitative estimate of drug-likeness (QED) is 0.496. The second-order valence-electron chi connectivity index (χ2n) is 6.42. The average molecular weight is 411 g/mol. The number of aromatic nitrogens is 3. The Morgan fingerprint density at radius 2 is 1.79 bits per heavy atom. The van der Waals surface area contributed by atoms with Crippen LogP contribution in [-0.2, 0) is 6.54 Å². The third kappa shape index (κ3) is 3.58. The molecule has 2 aromatic heterocycles. The van der Waals surface area contributed by atoms with Crippen LogP contribution < -0.4 is 15.0 Å². The van der Waals surface area contributed by atoms with Crippen LogP contribution in [0.1, 0.15) is 10.6 Å². The van der Waals surface area contributed by atoms with E-state index < -0.39 is 0 Å². The van der Waals surface area contributed by atoms with Gasteiger partial charge in [-0.3, -0.25) is 4.79 Å². The van der Waals surface area contributed by atoms with Crippen molar-refractivity contribution in [2.45, 2.75) is 13.5 Å². The van der Waals surface area contributed by atoms with Crippen molar-refractivity contribution in [1.29, 1.82) is 0 Å². The molecule has 0 saturated heterocycles. The first kappa shape index (κ1) is 19.1. The molecule has 4 rings (SSSR count). The van der Waals surface area contributed by atoms with Gasteiger partial charge in [0, 0.05) is 5.56 Å². The van der Waals surface area contributed by atoms with Gasteiger partial charge in [-0.25, -0.2) is 14.1 Å². The van der Waals surface area contributed by atoms with E-state index in [0.29, 0.717) is 22.7 Å². The number of hydrogen-bond donors (Lipinski definition) is 0. The summed E-state index contributed by atoms with van der Waals surface area (Å²) in [6.07, 6.45) is 0. The first-order chi connectivity index (χ1) is 14.0. The van der Waals surface area contributed by atoms with E-state index in [1.54, 1.807) is 32.4 Å². The van der Waals surface area contributed by atoms with Crippen molar-refractivity contribution in [3.8, 4) is 22.8 Å². The third-order valence-corrected chi connectivity index (χ3v) is 5.49. The zero-order valence-corrected chi connectivity index (χ0v) is 16.9. The van der Waals surface area contributed by atoms with Crippen molar-refractivity contribution in [3.63, 3.8) is 0 Å². The summed E-state index contributed by atoms with van der Waals surface area (Å²) in [4.78, 5) is 17.4. The lowest BCUT2D eigenvalue weighted by molar-refractivity contribution is 0.355. The number of thiazole rings is 1. The van der Waals surface area contributed by atoms with Gasteiger partial charge in [0.05, 0.1) is 30.5 Å². The summed E-state index contributed by atoms with van der Waals surface area (Å²) in [6.45, 7) is 2.07. The van der Waals surface area contributed by atoms with Gasteiger partial charge in [-0.05, 0) is 42.8 Å². The van der Waals surface area contributed by atoms with Crippen molar-refractivity contribution in [2.24, 2.45) is 0 Å². The minimum atomic E-state index is -0.328. The molecule has 0 aliphatic carbocycles. The predicted molar refractivity (Wildman–Crippen MR) is 110 cm³/mol. The molecular formula is C21H18FN3O3S. The molecule has 0 unspecified atom stereocenters. The largest absolute Gasteiger partial charge is 0.493 e. The summed E-state index contributed by atoms with van der Waals surface area (Å²) < 4.78 is 26.0. The molecule has 0 radical (unpaired) electrons. The Kier molecular flexibility index (Phi) is 5.02. The standard InChI is InChI=1S/C21H18FN3O3S/c1-12-23-19-20(29-12)18(14-6-9-16(27-2)17(10-14)28-3)24-25(21(19)26)11-13-4-7-15(22)8-5-13/h4-10H,11H2,1-3H3. The van der Waals surface area contributed by atoms with Gasteiger partial charge >= 0.3 is 0 Å². The van der Waals surface area contributed by atoms with E-state index in [1.165, 1.54) is 28.2 Å². The Morgan fingerprint density at radius 3 is 2.48 bits per heavy atom. The van der Waals surface area contributed by atoms with E-state index in [2.05, 4.69) is 10.1 Å². The lowest BCUT2D eigenvalue weighted by Crippen LogP contribution is -2.24. The number of hydrogen-bond acceptors (Lipinski definition) is 6. The van der Waals surface area contributed by atoms with Crippen LogP contribution in [0.15, 0.2) is 47.3 Å². The predicted octanol–water partition coefficient (Wildman–Crippen LogP) is 4.03. The van der Waals surface area contributed by atoms with Gasteiger partial charge in [0.25, 0.3) is 5.56 Å². The van der Waals surface area contributed by atoms with Crippen LogP contribution in [0.2, 0.25) is 0 Å². The van der Waals surface area contributed by atoms with Crippen LogP contribution in [-0.4, -0.2) is 29.0 Å². The third-order valence-electron chi connectivity index (χ3n) is 4.51. The number of halogens is 1. The lowest BCUT2D eigenvalue weighted by Gasteiger charge is -2.11. The summed E-state index contributed by atoms with van der Waals surface area (Å²) in [5, 5.41) is 5.40. The molecule has 0 aliphatic rings. The summed E-state index contributed by atoms with van der Waals surface area (Å²) in [7, 11) is 3.14. The van der Waals surface area contributed by atoms with E-state index in [9.17, 15) is 9.18 Å². The maximum Gasteiger partial charge on any atom is 0.294 e. The lowest BCUT2D eigenvalue weighted by atomic mass is 10.1. The maximum atomic E-state index is 13.2. The van der Waals surface area contributed by atoms with Crippen LogP contribution >= 0.6 is 11.3 Å². The van der Waals surface area contributed by atoms with Crippen molar-refractivity contribution < 1.29 is 13.9 Å². The van der Waals surface area contributed by atoms with Crippen LogP contribution in [0.4, 0.5) is 4.39 Å². The van der Waals surface area contributed by atoms with Crippen LogP contribution in [0, 0.1) is 12.7 Å². The van der Waals surface area contributed by atoms with Gasteiger partial charge in [-0.15, -0.1) is 11.3 Å². The molecule has 0 atom stereocenters. The van der Waals surface area contributed by atoms with Crippen molar-refractivity contribution in [2.75, 3.05) is 14.2 Å². The van der Waals surface area contributed by atoms with E-state index >= 15 is 0 Å². The van der Waals surface area contributed by atoms with E-state index in [1.807, 2.05) is 19.1 Å². The Balaban J connectivity index is 1.90. The normalized spacial score (nSPS) is 11.0. The molecule has 4 aromatic rings. The van der Waals surface area contributed by atoms with Crippen molar-refractivity contribution in [1.82, 2.24) is 14.8 Å². The number of ether oxygens (including phenoxy) is 2. The second kappa shape index (κ2) is 7.63. The highest BCUT2D eigenvalue weighted by Crippen LogP contribution is 2.35. The highest BCUT2D eigenvalue weighted by molar-refractivity contribution is 7.19. The molecule has 0 saturated carbocycles. The Bertz CT molecular complexity index is 1250. The monoisotopic (exact) mass is 411 g/mol. The zero-order chi connectivity index (χ0) is 20.5. The molecule has 29 heavy (non-hydrogen) atoms. The molecule has 0 N–H and O–H groups in total. The minimum Gasteiger partial charge on any atom is -0.493 e.